The third kappa shape index (κ3) is 5.18. The van der Waals surface area contributed by atoms with Gasteiger partial charge < -0.3 is 10.1 Å². The first-order chi connectivity index (χ1) is 13.9. The molecule has 150 valence electrons. The summed E-state index contributed by atoms with van der Waals surface area (Å²) in [5, 5.41) is 4.67. The van der Waals surface area contributed by atoms with Crippen LogP contribution in [0.1, 0.15) is 17.3 Å². The predicted molar refractivity (Wildman–Crippen MR) is 110 cm³/mol. The first-order valence-corrected chi connectivity index (χ1v) is 10.4. The number of carbonyl (C=O) groups excluding carboxylic acids is 2. The lowest BCUT2D eigenvalue weighted by molar-refractivity contribution is -0.115. The topological polar surface area (TPSA) is 102 Å². The first-order valence-electron chi connectivity index (χ1n) is 8.94. The lowest BCUT2D eigenvalue weighted by Gasteiger charge is -2.09. The molecule has 0 aromatic heterocycles. The Morgan fingerprint density at radius 1 is 0.931 bits per heavy atom. The van der Waals surface area contributed by atoms with Crippen molar-refractivity contribution in [3.05, 3.63) is 72.3 Å². The van der Waals surface area contributed by atoms with Gasteiger partial charge in [0, 0.05) is 5.69 Å². The van der Waals surface area contributed by atoms with Crippen LogP contribution in [0.4, 0.5) is 5.69 Å². The highest BCUT2D eigenvalue weighted by molar-refractivity contribution is 7.89. The molecular weight excluding hydrogens is 392 g/mol. The summed E-state index contributed by atoms with van der Waals surface area (Å²) >= 11 is 0. The monoisotopic (exact) mass is 412 g/mol. The number of amides is 1. The van der Waals surface area contributed by atoms with E-state index >= 15 is 0 Å². The number of fused-ring (bicyclic) bond motifs is 1. The number of carbonyl (C=O) groups is 2. The van der Waals surface area contributed by atoms with Crippen LogP contribution in [0.3, 0.4) is 0 Å². The third-order valence-electron chi connectivity index (χ3n) is 4.13. The van der Waals surface area contributed by atoms with Crippen LogP contribution < -0.4 is 10.0 Å². The normalized spacial score (nSPS) is 11.2. The molecule has 2 N–H and O–H groups in total. The van der Waals surface area contributed by atoms with Crippen LogP contribution in [-0.4, -0.2) is 33.4 Å². The van der Waals surface area contributed by atoms with Gasteiger partial charge in [0.15, 0.2) is 0 Å². The standard InChI is InChI=1S/C21H20N2O5S/c1-2-28-21(25)16-8-11-19(12-9-16)29(26,27)22-14-20(24)23-18-10-7-15-5-3-4-6-17(15)13-18/h3-13,22H,2,14H2,1H3,(H,23,24). The minimum atomic E-state index is -3.90. The number of benzene rings is 3. The van der Waals surface area contributed by atoms with Gasteiger partial charge in [-0.3, -0.25) is 4.79 Å². The molecule has 0 bridgehead atoms. The van der Waals surface area contributed by atoms with Gasteiger partial charge in [0.25, 0.3) is 0 Å². The maximum atomic E-state index is 12.4. The molecule has 0 aliphatic carbocycles. The van der Waals surface area contributed by atoms with E-state index in [0.717, 1.165) is 10.8 Å². The molecule has 0 unspecified atom stereocenters. The highest BCUT2D eigenvalue weighted by Crippen LogP contribution is 2.18. The Balaban J connectivity index is 1.61. The van der Waals surface area contributed by atoms with E-state index in [1.54, 1.807) is 13.0 Å². The van der Waals surface area contributed by atoms with Gasteiger partial charge in [-0.1, -0.05) is 30.3 Å². The van der Waals surface area contributed by atoms with Crippen molar-refractivity contribution >= 4 is 38.4 Å². The Hall–Kier alpha value is -3.23. The Morgan fingerprint density at radius 3 is 2.31 bits per heavy atom. The number of ether oxygens (including phenoxy) is 1. The molecule has 8 heteroatoms. The van der Waals surface area contributed by atoms with Crippen LogP contribution in [0.5, 0.6) is 0 Å². The van der Waals surface area contributed by atoms with Crippen molar-refractivity contribution in [2.45, 2.75) is 11.8 Å². The Labute approximate surface area is 168 Å². The van der Waals surface area contributed by atoms with E-state index in [0.29, 0.717) is 5.69 Å². The number of esters is 1. The molecule has 0 saturated carbocycles. The van der Waals surface area contributed by atoms with Crippen LogP contribution in [0.25, 0.3) is 10.8 Å². The van der Waals surface area contributed by atoms with Gasteiger partial charge in [0.1, 0.15) is 0 Å². The number of hydrogen-bond acceptors (Lipinski definition) is 5. The number of hydrogen-bond donors (Lipinski definition) is 2. The summed E-state index contributed by atoms with van der Waals surface area (Å²) in [5.41, 5.74) is 0.825. The second-order valence-electron chi connectivity index (χ2n) is 6.18. The van der Waals surface area contributed by atoms with E-state index in [9.17, 15) is 18.0 Å². The molecule has 0 saturated heterocycles. The summed E-state index contributed by atoms with van der Waals surface area (Å²) < 4.78 is 31.8. The maximum Gasteiger partial charge on any atom is 0.338 e. The minimum absolute atomic E-state index is 0.0518. The highest BCUT2D eigenvalue weighted by atomic mass is 32.2. The van der Waals surface area contributed by atoms with Crippen LogP contribution in [0.2, 0.25) is 0 Å². The lowest BCUT2D eigenvalue weighted by Crippen LogP contribution is -2.32. The molecular formula is C21H20N2O5S. The molecule has 7 nitrogen and oxygen atoms in total. The summed E-state index contributed by atoms with van der Waals surface area (Å²) in [6, 6.07) is 18.5. The molecule has 0 spiro atoms. The summed E-state index contributed by atoms with van der Waals surface area (Å²) in [4.78, 5) is 23.7. The fourth-order valence-electron chi connectivity index (χ4n) is 2.70. The van der Waals surface area contributed by atoms with Gasteiger partial charge in [-0.05, 0) is 54.1 Å². The van der Waals surface area contributed by atoms with Gasteiger partial charge in [0.2, 0.25) is 15.9 Å². The number of nitrogens with one attached hydrogen (secondary N) is 2. The van der Waals surface area contributed by atoms with Crippen molar-refractivity contribution < 1.29 is 22.7 Å². The van der Waals surface area contributed by atoms with Crippen LogP contribution in [0.15, 0.2) is 71.6 Å². The lowest BCUT2D eigenvalue weighted by atomic mass is 10.1. The molecule has 0 heterocycles. The van der Waals surface area contributed by atoms with Crippen LogP contribution >= 0.6 is 0 Å². The molecule has 3 aromatic rings. The molecule has 0 fully saturated rings. The zero-order chi connectivity index (χ0) is 20.9. The molecule has 0 aliphatic heterocycles. The van der Waals surface area contributed by atoms with Gasteiger partial charge in [-0.2, -0.15) is 0 Å². The van der Waals surface area contributed by atoms with E-state index in [1.165, 1.54) is 24.3 Å². The predicted octanol–water partition coefficient (Wildman–Crippen LogP) is 2.93. The van der Waals surface area contributed by atoms with Gasteiger partial charge >= 0.3 is 5.97 Å². The second-order valence-corrected chi connectivity index (χ2v) is 7.95. The molecule has 29 heavy (non-hydrogen) atoms. The number of anilines is 1. The van der Waals surface area contributed by atoms with E-state index < -0.39 is 28.4 Å². The van der Waals surface area contributed by atoms with Crippen molar-refractivity contribution in [2.75, 3.05) is 18.5 Å². The molecule has 1 amide bonds. The summed E-state index contributed by atoms with van der Waals surface area (Å²) in [6.07, 6.45) is 0. The Morgan fingerprint density at radius 2 is 1.62 bits per heavy atom. The number of rotatable bonds is 7. The van der Waals surface area contributed by atoms with Crippen molar-refractivity contribution in [2.24, 2.45) is 0 Å². The fraction of sp³-hybridized carbons (Fsp3) is 0.143. The number of sulfonamides is 1. The summed E-state index contributed by atoms with van der Waals surface area (Å²) in [6.45, 7) is 1.49. The van der Waals surface area contributed by atoms with Gasteiger partial charge in [-0.25, -0.2) is 17.9 Å². The average Bonchev–Trinajstić information content (AvgIpc) is 2.72. The SMILES string of the molecule is CCOC(=O)c1ccc(S(=O)(=O)NCC(=O)Nc2ccc3ccccc3c2)cc1. The zero-order valence-electron chi connectivity index (χ0n) is 15.7. The molecule has 0 aliphatic rings. The molecule has 0 atom stereocenters. The fourth-order valence-corrected chi connectivity index (χ4v) is 3.68. The summed E-state index contributed by atoms with van der Waals surface area (Å²) in [7, 11) is -3.90. The van der Waals surface area contributed by atoms with E-state index in [2.05, 4.69) is 10.0 Å². The van der Waals surface area contributed by atoms with Gasteiger partial charge in [-0.15, -0.1) is 0 Å². The van der Waals surface area contributed by atoms with E-state index in [-0.39, 0.29) is 17.1 Å². The smallest absolute Gasteiger partial charge is 0.338 e. The largest absolute Gasteiger partial charge is 0.462 e. The van der Waals surface area contributed by atoms with E-state index in [4.69, 9.17) is 4.74 Å². The Kier molecular flexibility index (Phi) is 6.26. The minimum Gasteiger partial charge on any atom is -0.462 e. The third-order valence-corrected chi connectivity index (χ3v) is 5.55. The molecule has 0 radical (unpaired) electrons. The van der Waals surface area contributed by atoms with Crippen molar-refractivity contribution in [1.29, 1.82) is 0 Å². The van der Waals surface area contributed by atoms with Crippen LogP contribution in [-0.2, 0) is 19.6 Å². The quantitative estimate of drug-likeness (QED) is 0.581. The van der Waals surface area contributed by atoms with Gasteiger partial charge in [0.05, 0.1) is 23.6 Å². The first kappa shape index (κ1) is 20.5. The highest BCUT2D eigenvalue weighted by Gasteiger charge is 2.17. The molecule has 3 aromatic carbocycles. The van der Waals surface area contributed by atoms with Crippen molar-refractivity contribution in [3.8, 4) is 0 Å². The van der Waals surface area contributed by atoms with Crippen molar-refractivity contribution in [3.63, 3.8) is 0 Å². The Bertz CT molecular complexity index is 1140. The average molecular weight is 412 g/mol. The van der Waals surface area contributed by atoms with E-state index in [1.807, 2.05) is 36.4 Å². The maximum absolute atomic E-state index is 12.4. The van der Waals surface area contributed by atoms with Crippen LogP contribution in [0, 0.1) is 0 Å². The molecule has 3 rings (SSSR count). The second kappa shape index (κ2) is 8.85. The zero-order valence-corrected chi connectivity index (χ0v) is 16.5. The van der Waals surface area contributed by atoms with Crippen molar-refractivity contribution in [1.82, 2.24) is 4.72 Å². The summed E-state index contributed by atoms with van der Waals surface area (Å²) in [5.74, 6) is -1.02.